The molecule has 0 amide bonds. The fourth-order valence-electron chi connectivity index (χ4n) is 2.01. The Hall–Kier alpha value is -1.70. The lowest BCUT2D eigenvalue weighted by Crippen LogP contribution is -2.12. The zero-order valence-electron chi connectivity index (χ0n) is 12.8. The highest BCUT2D eigenvalue weighted by Gasteiger charge is 2.36. The summed E-state index contributed by atoms with van der Waals surface area (Å²) in [6, 6.07) is 0.198. The molecule has 0 aromatic carbocycles. The molecule has 0 aliphatic heterocycles. The van der Waals surface area contributed by atoms with Crippen LogP contribution in [0.2, 0.25) is 0 Å². The van der Waals surface area contributed by atoms with E-state index < -0.39 is 11.9 Å². The zero-order valence-corrected chi connectivity index (χ0v) is 13.6. The third-order valence-corrected chi connectivity index (χ3v) is 3.06. The Morgan fingerprint density at radius 3 is 2.36 bits per heavy atom. The number of nitrogens with zero attached hydrogens (tertiary/aromatic N) is 4. The highest BCUT2D eigenvalue weighted by molar-refractivity contribution is 5.85. The average Bonchev–Trinajstić information content (AvgIpc) is 2.89. The maximum absolute atomic E-state index is 12.9. The maximum Gasteiger partial charge on any atom is 0.435 e. The third kappa shape index (κ3) is 3.94. The number of halogens is 4. The van der Waals surface area contributed by atoms with Crippen molar-refractivity contribution in [2.24, 2.45) is 7.05 Å². The Bertz CT molecular complexity index is 630. The van der Waals surface area contributed by atoms with Crippen LogP contribution < -0.4 is 5.32 Å². The standard InChI is InChI=1S/C13H18F3N5.ClH/c1-8(2)21-6-9(3)12(19-21)17-5-10-7-20(4)18-11(10)13(14,15)16;/h6-8H,5H2,1-4H3,(H,17,19);1H. The van der Waals surface area contributed by atoms with Gasteiger partial charge in [0.1, 0.15) is 0 Å². The highest BCUT2D eigenvalue weighted by Crippen LogP contribution is 2.31. The second kappa shape index (κ2) is 6.60. The van der Waals surface area contributed by atoms with Gasteiger partial charge in [-0.15, -0.1) is 12.4 Å². The molecular formula is C13H19ClF3N5. The molecule has 2 aromatic rings. The van der Waals surface area contributed by atoms with Crippen LogP contribution in [0.1, 0.15) is 36.7 Å². The van der Waals surface area contributed by atoms with E-state index in [1.54, 1.807) is 4.68 Å². The van der Waals surface area contributed by atoms with Gasteiger partial charge in [0.25, 0.3) is 0 Å². The van der Waals surface area contributed by atoms with Gasteiger partial charge in [-0.3, -0.25) is 9.36 Å². The van der Waals surface area contributed by atoms with Crippen LogP contribution in [0.3, 0.4) is 0 Å². The number of hydrogen-bond acceptors (Lipinski definition) is 3. The van der Waals surface area contributed by atoms with Gasteiger partial charge in [0.2, 0.25) is 0 Å². The van der Waals surface area contributed by atoms with Crippen molar-refractivity contribution in [3.8, 4) is 0 Å². The molecule has 0 atom stereocenters. The minimum atomic E-state index is -4.45. The molecule has 0 bridgehead atoms. The van der Waals surface area contributed by atoms with E-state index in [1.807, 2.05) is 27.0 Å². The quantitative estimate of drug-likeness (QED) is 0.928. The summed E-state index contributed by atoms with van der Waals surface area (Å²) in [4.78, 5) is 0. The Morgan fingerprint density at radius 2 is 1.86 bits per heavy atom. The Kier molecular flexibility index (Phi) is 5.50. The summed E-state index contributed by atoms with van der Waals surface area (Å²) in [5.41, 5.74) is 0.128. The predicted molar refractivity (Wildman–Crippen MR) is 80.1 cm³/mol. The van der Waals surface area contributed by atoms with Crippen LogP contribution in [0.4, 0.5) is 19.0 Å². The van der Waals surface area contributed by atoms with Crippen molar-refractivity contribution < 1.29 is 13.2 Å². The fraction of sp³-hybridized carbons (Fsp3) is 0.538. The van der Waals surface area contributed by atoms with E-state index in [0.717, 1.165) is 5.56 Å². The van der Waals surface area contributed by atoms with E-state index in [9.17, 15) is 13.2 Å². The normalized spacial score (nSPS) is 11.6. The molecule has 124 valence electrons. The van der Waals surface area contributed by atoms with Gasteiger partial charge in [0, 0.05) is 43.2 Å². The number of aromatic nitrogens is 4. The van der Waals surface area contributed by atoms with Gasteiger partial charge in [-0.25, -0.2) is 0 Å². The first-order valence-electron chi connectivity index (χ1n) is 6.58. The van der Waals surface area contributed by atoms with Crippen LogP contribution in [0.5, 0.6) is 0 Å². The van der Waals surface area contributed by atoms with E-state index in [-0.39, 0.29) is 30.6 Å². The van der Waals surface area contributed by atoms with Crippen molar-refractivity contribution in [1.29, 1.82) is 0 Å². The topological polar surface area (TPSA) is 47.7 Å². The summed E-state index contributed by atoms with van der Waals surface area (Å²) < 4.78 is 41.5. The number of hydrogen-bond donors (Lipinski definition) is 1. The number of alkyl halides is 3. The largest absolute Gasteiger partial charge is 0.435 e. The summed E-state index contributed by atoms with van der Waals surface area (Å²) in [7, 11) is 1.47. The van der Waals surface area contributed by atoms with Crippen LogP contribution in [0.15, 0.2) is 12.4 Å². The number of rotatable bonds is 4. The number of aryl methyl sites for hydroxylation is 2. The smallest absolute Gasteiger partial charge is 0.364 e. The molecule has 9 heteroatoms. The molecule has 2 heterocycles. The summed E-state index contributed by atoms with van der Waals surface area (Å²) in [5.74, 6) is 0.584. The van der Waals surface area contributed by atoms with Crippen LogP contribution in [-0.4, -0.2) is 19.6 Å². The first kappa shape index (κ1) is 18.3. The zero-order chi connectivity index (χ0) is 15.8. The van der Waals surface area contributed by atoms with Crippen molar-refractivity contribution in [1.82, 2.24) is 19.6 Å². The van der Waals surface area contributed by atoms with E-state index in [4.69, 9.17) is 0 Å². The molecule has 0 saturated carbocycles. The minimum Gasteiger partial charge on any atom is -0.364 e. The first-order chi connectivity index (χ1) is 9.68. The van der Waals surface area contributed by atoms with Crippen LogP contribution in [-0.2, 0) is 19.8 Å². The molecule has 2 aromatic heterocycles. The second-order valence-electron chi connectivity index (χ2n) is 5.26. The third-order valence-electron chi connectivity index (χ3n) is 3.06. The van der Waals surface area contributed by atoms with Gasteiger partial charge in [0.05, 0.1) is 0 Å². The lowest BCUT2D eigenvalue weighted by Gasteiger charge is -2.07. The summed E-state index contributed by atoms with van der Waals surface area (Å²) in [6.45, 7) is 5.86. The molecular weight excluding hydrogens is 319 g/mol. The van der Waals surface area contributed by atoms with Crippen LogP contribution in [0, 0.1) is 6.92 Å². The molecule has 5 nitrogen and oxygen atoms in total. The molecule has 0 aliphatic carbocycles. The van der Waals surface area contributed by atoms with E-state index >= 15 is 0 Å². The van der Waals surface area contributed by atoms with E-state index in [1.165, 1.54) is 17.9 Å². The number of nitrogens with one attached hydrogen (secondary N) is 1. The van der Waals surface area contributed by atoms with Gasteiger partial charge in [-0.05, 0) is 20.8 Å². The number of anilines is 1. The van der Waals surface area contributed by atoms with Crippen molar-refractivity contribution in [3.05, 3.63) is 29.2 Å². The van der Waals surface area contributed by atoms with Crippen LogP contribution >= 0.6 is 12.4 Å². The molecule has 1 N–H and O–H groups in total. The molecule has 0 saturated heterocycles. The van der Waals surface area contributed by atoms with Gasteiger partial charge >= 0.3 is 6.18 Å². The maximum atomic E-state index is 12.9. The van der Waals surface area contributed by atoms with Crippen molar-refractivity contribution in [3.63, 3.8) is 0 Å². The predicted octanol–water partition coefficient (Wildman–Crippen LogP) is 3.56. The summed E-state index contributed by atoms with van der Waals surface area (Å²) >= 11 is 0. The summed E-state index contributed by atoms with van der Waals surface area (Å²) in [6.07, 6.45) is -1.23. The molecule has 22 heavy (non-hydrogen) atoms. The van der Waals surface area contributed by atoms with E-state index in [0.29, 0.717) is 5.82 Å². The SMILES string of the molecule is Cc1cn(C(C)C)nc1NCc1cn(C)nc1C(F)(F)F.Cl. The molecule has 2 rings (SSSR count). The molecule has 0 aliphatic rings. The lowest BCUT2D eigenvalue weighted by atomic mass is 10.2. The Morgan fingerprint density at radius 1 is 1.23 bits per heavy atom. The Labute approximate surface area is 132 Å². The van der Waals surface area contributed by atoms with Crippen molar-refractivity contribution in [2.45, 2.75) is 39.5 Å². The molecule has 0 radical (unpaired) electrons. The van der Waals surface area contributed by atoms with Crippen molar-refractivity contribution >= 4 is 18.2 Å². The Balaban J connectivity index is 0.00000242. The van der Waals surface area contributed by atoms with Crippen molar-refractivity contribution in [2.75, 3.05) is 5.32 Å². The van der Waals surface area contributed by atoms with Gasteiger partial charge in [0.15, 0.2) is 11.5 Å². The fourth-order valence-corrected chi connectivity index (χ4v) is 2.01. The minimum absolute atomic E-state index is 0. The molecule has 0 fully saturated rings. The first-order valence-corrected chi connectivity index (χ1v) is 6.58. The lowest BCUT2D eigenvalue weighted by molar-refractivity contribution is -0.142. The molecule has 0 unspecified atom stereocenters. The van der Waals surface area contributed by atoms with Gasteiger partial charge in [-0.2, -0.15) is 23.4 Å². The molecule has 0 spiro atoms. The second-order valence-corrected chi connectivity index (χ2v) is 5.26. The van der Waals surface area contributed by atoms with E-state index in [2.05, 4.69) is 15.5 Å². The average molecular weight is 338 g/mol. The highest BCUT2D eigenvalue weighted by atomic mass is 35.5. The van der Waals surface area contributed by atoms with Gasteiger partial charge < -0.3 is 5.32 Å². The summed E-state index contributed by atoms with van der Waals surface area (Å²) in [5, 5.41) is 10.7. The van der Waals surface area contributed by atoms with Gasteiger partial charge in [-0.1, -0.05) is 0 Å². The van der Waals surface area contributed by atoms with Crippen LogP contribution in [0.25, 0.3) is 0 Å². The monoisotopic (exact) mass is 337 g/mol.